The average molecular weight is 226 g/mol. The van der Waals surface area contributed by atoms with E-state index < -0.39 is 0 Å². The third-order valence-electron chi connectivity index (χ3n) is 3.67. The molecule has 1 aliphatic carbocycles. The Morgan fingerprint density at radius 2 is 1.88 bits per heavy atom. The fraction of sp³-hybridized carbons (Fsp3) is 1.00. The molecule has 0 aromatic carbocycles. The molecule has 0 amide bonds. The summed E-state index contributed by atoms with van der Waals surface area (Å²) >= 11 is 0. The van der Waals surface area contributed by atoms with E-state index in [-0.39, 0.29) is 0 Å². The van der Waals surface area contributed by atoms with Crippen LogP contribution < -0.4 is 5.32 Å². The van der Waals surface area contributed by atoms with Crippen LogP contribution in [0.2, 0.25) is 0 Å². The first-order valence-electron chi connectivity index (χ1n) is 7.16. The number of nitrogens with zero attached hydrogens (tertiary/aromatic N) is 1. The SMILES string of the molecule is CCNC1CCCCC1N(CC)CC(C)C. The van der Waals surface area contributed by atoms with E-state index in [0.29, 0.717) is 0 Å². The molecule has 1 fully saturated rings. The number of likely N-dealkylation sites (N-methyl/N-ethyl adjacent to an activating group) is 2. The predicted octanol–water partition coefficient (Wildman–Crippen LogP) is 2.89. The van der Waals surface area contributed by atoms with Crippen LogP contribution in [0.3, 0.4) is 0 Å². The number of rotatable bonds is 6. The molecule has 2 nitrogen and oxygen atoms in total. The van der Waals surface area contributed by atoms with Gasteiger partial charge in [0.2, 0.25) is 0 Å². The lowest BCUT2D eigenvalue weighted by molar-refractivity contribution is 0.115. The fourth-order valence-corrected chi connectivity index (χ4v) is 3.02. The molecule has 1 N–H and O–H groups in total. The molecule has 1 rings (SSSR count). The minimum Gasteiger partial charge on any atom is -0.313 e. The lowest BCUT2D eigenvalue weighted by Crippen LogP contribution is -2.52. The Kier molecular flexibility index (Phi) is 6.37. The van der Waals surface area contributed by atoms with Gasteiger partial charge < -0.3 is 5.32 Å². The molecule has 1 aliphatic rings. The Labute approximate surface area is 102 Å². The van der Waals surface area contributed by atoms with Crippen LogP contribution in [0.15, 0.2) is 0 Å². The minimum absolute atomic E-state index is 0.734. The molecule has 0 aromatic heterocycles. The van der Waals surface area contributed by atoms with Gasteiger partial charge in [0.05, 0.1) is 0 Å². The van der Waals surface area contributed by atoms with Gasteiger partial charge in [-0.3, -0.25) is 4.90 Å². The molecule has 2 heteroatoms. The van der Waals surface area contributed by atoms with E-state index in [1.54, 1.807) is 0 Å². The number of hydrogen-bond acceptors (Lipinski definition) is 2. The molecule has 0 aliphatic heterocycles. The molecule has 0 radical (unpaired) electrons. The highest BCUT2D eigenvalue weighted by molar-refractivity contribution is 4.87. The van der Waals surface area contributed by atoms with Crippen molar-refractivity contribution in [2.75, 3.05) is 19.6 Å². The van der Waals surface area contributed by atoms with E-state index in [1.165, 1.54) is 38.8 Å². The smallest absolute Gasteiger partial charge is 0.0249 e. The Morgan fingerprint density at radius 3 is 2.44 bits per heavy atom. The van der Waals surface area contributed by atoms with E-state index in [4.69, 9.17) is 0 Å². The van der Waals surface area contributed by atoms with Crippen molar-refractivity contribution in [3.63, 3.8) is 0 Å². The fourth-order valence-electron chi connectivity index (χ4n) is 3.02. The van der Waals surface area contributed by atoms with Gasteiger partial charge in [-0.2, -0.15) is 0 Å². The zero-order chi connectivity index (χ0) is 12.0. The van der Waals surface area contributed by atoms with Crippen molar-refractivity contribution < 1.29 is 0 Å². The summed E-state index contributed by atoms with van der Waals surface area (Å²) in [5.74, 6) is 0.782. The molecule has 0 saturated heterocycles. The molecule has 2 atom stereocenters. The second-order valence-corrected chi connectivity index (χ2v) is 5.50. The first-order valence-corrected chi connectivity index (χ1v) is 7.16. The molecular formula is C14H30N2. The van der Waals surface area contributed by atoms with Crippen molar-refractivity contribution in [3.05, 3.63) is 0 Å². The van der Waals surface area contributed by atoms with Crippen molar-refractivity contribution >= 4 is 0 Å². The molecule has 2 unspecified atom stereocenters. The molecular weight excluding hydrogens is 196 g/mol. The van der Waals surface area contributed by atoms with Crippen LogP contribution in [0.4, 0.5) is 0 Å². The summed E-state index contributed by atoms with van der Waals surface area (Å²) in [4.78, 5) is 2.69. The largest absolute Gasteiger partial charge is 0.313 e. The van der Waals surface area contributed by atoms with Gasteiger partial charge in [0, 0.05) is 18.6 Å². The Bertz CT molecular complexity index is 178. The molecule has 0 spiro atoms. The molecule has 16 heavy (non-hydrogen) atoms. The molecule has 1 saturated carbocycles. The summed E-state index contributed by atoms with van der Waals surface area (Å²) < 4.78 is 0. The van der Waals surface area contributed by atoms with Crippen LogP contribution in [0.5, 0.6) is 0 Å². The van der Waals surface area contributed by atoms with Crippen LogP contribution in [-0.4, -0.2) is 36.6 Å². The van der Waals surface area contributed by atoms with Gasteiger partial charge in [0.1, 0.15) is 0 Å². The normalized spacial score (nSPS) is 26.6. The maximum Gasteiger partial charge on any atom is 0.0249 e. The van der Waals surface area contributed by atoms with E-state index in [2.05, 4.69) is 37.9 Å². The zero-order valence-electron chi connectivity index (χ0n) is 11.6. The summed E-state index contributed by atoms with van der Waals surface area (Å²) in [7, 11) is 0. The topological polar surface area (TPSA) is 15.3 Å². The van der Waals surface area contributed by atoms with Crippen LogP contribution in [0.1, 0.15) is 53.4 Å². The zero-order valence-corrected chi connectivity index (χ0v) is 11.6. The maximum atomic E-state index is 3.68. The van der Waals surface area contributed by atoms with Crippen molar-refractivity contribution in [2.45, 2.75) is 65.5 Å². The average Bonchev–Trinajstić information content (AvgIpc) is 2.27. The molecule has 0 bridgehead atoms. The van der Waals surface area contributed by atoms with E-state index in [0.717, 1.165) is 24.5 Å². The minimum atomic E-state index is 0.734. The highest BCUT2D eigenvalue weighted by Gasteiger charge is 2.28. The second kappa shape index (κ2) is 7.29. The second-order valence-electron chi connectivity index (χ2n) is 5.50. The van der Waals surface area contributed by atoms with Gasteiger partial charge in [-0.05, 0) is 31.8 Å². The van der Waals surface area contributed by atoms with Crippen molar-refractivity contribution in [3.8, 4) is 0 Å². The Morgan fingerprint density at radius 1 is 1.19 bits per heavy atom. The maximum absolute atomic E-state index is 3.68. The van der Waals surface area contributed by atoms with Gasteiger partial charge in [-0.25, -0.2) is 0 Å². The van der Waals surface area contributed by atoms with Gasteiger partial charge in [-0.1, -0.05) is 40.5 Å². The Hall–Kier alpha value is -0.0800. The first kappa shape index (κ1) is 14.0. The summed E-state index contributed by atoms with van der Waals surface area (Å²) in [5.41, 5.74) is 0. The van der Waals surface area contributed by atoms with Crippen LogP contribution in [-0.2, 0) is 0 Å². The summed E-state index contributed by atoms with van der Waals surface area (Å²) in [5, 5.41) is 3.68. The lowest BCUT2D eigenvalue weighted by Gasteiger charge is -2.40. The van der Waals surface area contributed by atoms with Crippen LogP contribution in [0.25, 0.3) is 0 Å². The van der Waals surface area contributed by atoms with Crippen molar-refractivity contribution in [2.24, 2.45) is 5.92 Å². The van der Waals surface area contributed by atoms with Crippen molar-refractivity contribution in [1.82, 2.24) is 10.2 Å². The van der Waals surface area contributed by atoms with Crippen LogP contribution in [0, 0.1) is 5.92 Å². The molecule has 0 aromatic rings. The van der Waals surface area contributed by atoms with Gasteiger partial charge >= 0.3 is 0 Å². The Balaban J connectivity index is 2.56. The third-order valence-corrected chi connectivity index (χ3v) is 3.67. The van der Waals surface area contributed by atoms with Gasteiger partial charge in [0.15, 0.2) is 0 Å². The standard InChI is InChI=1S/C14H30N2/c1-5-15-13-9-7-8-10-14(13)16(6-2)11-12(3)4/h12-15H,5-11H2,1-4H3. The summed E-state index contributed by atoms with van der Waals surface area (Å²) in [6.07, 6.45) is 5.58. The van der Waals surface area contributed by atoms with E-state index in [1.807, 2.05) is 0 Å². The highest BCUT2D eigenvalue weighted by atomic mass is 15.2. The first-order chi connectivity index (χ1) is 7.69. The van der Waals surface area contributed by atoms with Gasteiger partial charge in [0.25, 0.3) is 0 Å². The monoisotopic (exact) mass is 226 g/mol. The molecule has 96 valence electrons. The number of nitrogens with one attached hydrogen (secondary N) is 1. The lowest BCUT2D eigenvalue weighted by atomic mass is 9.88. The van der Waals surface area contributed by atoms with Gasteiger partial charge in [-0.15, -0.1) is 0 Å². The van der Waals surface area contributed by atoms with Crippen molar-refractivity contribution in [1.29, 1.82) is 0 Å². The molecule has 0 heterocycles. The quantitative estimate of drug-likeness (QED) is 0.749. The third kappa shape index (κ3) is 4.06. The predicted molar refractivity (Wildman–Crippen MR) is 71.8 cm³/mol. The van der Waals surface area contributed by atoms with E-state index >= 15 is 0 Å². The summed E-state index contributed by atoms with van der Waals surface area (Å²) in [6, 6.07) is 1.51. The van der Waals surface area contributed by atoms with Crippen LogP contribution >= 0.6 is 0 Å². The number of hydrogen-bond donors (Lipinski definition) is 1. The van der Waals surface area contributed by atoms with E-state index in [9.17, 15) is 0 Å². The summed E-state index contributed by atoms with van der Waals surface area (Å²) in [6.45, 7) is 12.8. The highest BCUT2D eigenvalue weighted by Crippen LogP contribution is 2.23.